The molecule has 0 saturated carbocycles. The van der Waals surface area contributed by atoms with Crippen LogP contribution in [0.5, 0.6) is 0 Å². The zero-order valence-electron chi connectivity index (χ0n) is 66.2. The highest BCUT2D eigenvalue weighted by Crippen LogP contribution is 2.45. The van der Waals surface area contributed by atoms with Crippen molar-refractivity contribution in [3.63, 3.8) is 0 Å². The van der Waals surface area contributed by atoms with Crippen LogP contribution in [0.25, 0.3) is 0 Å². The molecule has 600 valence electrons. The Morgan fingerprint density at radius 3 is 0.703 bits per heavy atom. The smallest absolute Gasteiger partial charge is 0.462 e. The highest BCUT2D eigenvalue weighted by molar-refractivity contribution is 7.47. The van der Waals surface area contributed by atoms with Gasteiger partial charge < -0.3 is 33.8 Å². The summed E-state index contributed by atoms with van der Waals surface area (Å²) in [5.74, 6) is -0.386. The van der Waals surface area contributed by atoms with Gasteiger partial charge in [-0.1, -0.05) is 382 Å². The average molecular weight is 1480 g/mol. The van der Waals surface area contributed by atoms with E-state index in [0.29, 0.717) is 25.7 Å². The fourth-order valence-electron chi connectivity index (χ4n) is 12.6. The summed E-state index contributed by atoms with van der Waals surface area (Å²) in [6, 6.07) is 0. The third-order valence-electron chi connectivity index (χ3n) is 19.9. The first-order valence-corrected chi connectivity index (χ1v) is 45.6. The molecule has 0 spiro atoms. The van der Waals surface area contributed by atoms with Crippen LogP contribution in [0, 0.1) is 11.8 Å². The molecule has 0 aliphatic heterocycles. The topological polar surface area (TPSA) is 237 Å². The minimum Gasteiger partial charge on any atom is -0.462 e. The molecule has 0 heterocycles. The lowest BCUT2D eigenvalue weighted by molar-refractivity contribution is -0.161. The zero-order chi connectivity index (χ0) is 74.2. The van der Waals surface area contributed by atoms with Crippen LogP contribution in [0.2, 0.25) is 0 Å². The first-order chi connectivity index (χ1) is 48.9. The summed E-state index contributed by atoms with van der Waals surface area (Å²) in [5.41, 5.74) is 0. The number of rotatable bonds is 81. The van der Waals surface area contributed by atoms with E-state index in [1.165, 1.54) is 250 Å². The molecule has 4 unspecified atom stereocenters. The van der Waals surface area contributed by atoms with Gasteiger partial charge in [0, 0.05) is 25.7 Å². The van der Waals surface area contributed by atoms with Crippen molar-refractivity contribution in [1.29, 1.82) is 0 Å². The number of esters is 4. The van der Waals surface area contributed by atoms with E-state index >= 15 is 0 Å². The molecule has 101 heavy (non-hydrogen) atoms. The van der Waals surface area contributed by atoms with Crippen molar-refractivity contribution in [1.82, 2.24) is 0 Å². The number of hydrogen-bond acceptors (Lipinski definition) is 15. The van der Waals surface area contributed by atoms with Gasteiger partial charge >= 0.3 is 39.5 Å². The molecule has 0 aliphatic carbocycles. The minimum atomic E-state index is -4.96. The van der Waals surface area contributed by atoms with Crippen molar-refractivity contribution >= 4 is 39.5 Å². The number of ether oxygens (including phenoxy) is 4. The maximum atomic E-state index is 13.1. The molecule has 17 nitrogen and oxygen atoms in total. The first kappa shape index (κ1) is 99.1. The number of carbonyl (C=O) groups excluding carboxylic acids is 4. The Labute approximate surface area is 619 Å². The first-order valence-electron chi connectivity index (χ1n) is 42.6. The van der Waals surface area contributed by atoms with Crippen LogP contribution in [-0.4, -0.2) is 96.7 Å². The third kappa shape index (κ3) is 73.4. The molecule has 0 saturated heterocycles. The lowest BCUT2D eigenvalue weighted by Gasteiger charge is -2.21. The van der Waals surface area contributed by atoms with Crippen LogP contribution in [0.3, 0.4) is 0 Å². The van der Waals surface area contributed by atoms with Gasteiger partial charge in [0.05, 0.1) is 26.4 Å². The number of phosphoric acid groups is 2. The molecular formula is C82H160O17P2. The summed E-state index contributed by atoms with van der Waals surface area (Å²) in [5, 5.41) is 10.6. The molecule has 0 fully saturated rings. The highest BCUT2D eigenvalue weighted by Gasteiger charge is 2.30. The summed E-state index contributed by atoms with van der Waals surface area (Å²) in [4.78, 5) is 73.0. The number of hydrogen-bond donors (Lipinski definition) is 3. The van der Waals surface area contributed by atoms with E-state index in [0.717, 1.165) is 102 Å². The zero-order valence-corrected chi connectivity index (χ0v) is 68.0. The quantitative estimate of drug-likeness (QED) is 0.0222. The summed E-state index contributed by atoms with van der Waals surface area (Å²) >= 11 is 0. The molecule has 0 radical (unpaired) electrons. The molecule has 0 amide bonds. The van der Waals surface area contributed by atoms with Crippen LogP contribution >= 0.6 is 15.6 Å². The van der Waals surface area contributed by atoms with E-state index in [-0.39, 0.29) is 25.7 Å². The van der Waals surface area contributed by atoms with E-state index in [1.807, 2.05) is 0 Å². The number of aliphatic hydroxyl groups excluding tert-OH is 1. The Kier molecular flexibility index (Phi) is 72.2. The SMILES string of the molecule is CCCCCCCCCCCCCC(=O)O[C@H](COC(=O)CCCCCCCCCCCC)COP(=O)(O)OC[C@H](O)COP(=O)(O)OC[C@@H](COC(=O)CCCCCCCCCCCCCCCCC(C)CC)OC(=O)CCCCCCCCCCCCCCCCCCCCC(C)CC. The number of unbranched alkanes of at least 4 members (excludes halogenated alkanes) is 49. The standard InChI is InChI=1S/C82H160O17P2/c1-7-11-13-15-17-19-33-42-48-54-60-66-81(86)98-77(70-92-79(84)64-58-52-46-40-20-18-16-14-12-8-2)72-96-100(88,89)94-68-76(83)69-95-101(90,91)97-73-78(71-93-80(85)65-59-53-47-41-36-31-28-27-30-35-39-45-51-57-63-75(6)10-4)99-82(87)67-61-55-49-43-37-32-26-24-22-21-23-25-29-34-38-44-50-56-62-74(5)9-3/h74-78,83H,7-73H2,1-6H3,(H,88,89)(H,90,91)/t74?,75?,76-,77+,78+/m0/s1. The number of carbonyl (C=O) groups is 4. The summed E-state index contributed by atoms with van der Waals surface area (Å²) in [6.45, 7) is 9.75. The molecule has 3 N–H and O–H groups in total. The van der Waals surface area contributed by atoms with Gasteiger partial charge in [0.2, 0.25) is 0 Å². The largest absolute Gasteiger partial charge is 0.472 e. The lowest BCUT2D eigenvalue weighted by Crippen LogP contribution is -2.30. The van der Waals surface area contributed by atoms with Crippen molar-refractivity contribution in [2.24, 2.45) is 11.8 Å². The molecule has 19 heteroatoms. The van der Waals surface area contributed by atoms with E-state index in [1.54, 1.807) is 0 Å². The second kappa shape index (κ2) is 73.6. The molecule has 0 aromatic heterocycles. The number of phosphoric ester groups is 2. The van der Waals surface area contributed by atoms with Gasteiger partial charge in [0.15, 0.2) is 12.2 Å². The molecule has 0 aromatic carbocycles. The average Bonchev–Trinajstić information content (AvgIpc) is 1.34. The van der Waals surface area contributed by atoms with E-state index in [2.05, 4.69) is 41.5 Å². The highest BCUT2D eigenvalue weighted by atomic mass is 31.2. The molecule has 0 aliphatic rings. The van der Waals surface area contributed by atoms with Crippen molar-refractivity contribution in [3.05, 3.63) is 0 Å². The lowest BCUT2D eigenvalue weighted by atomic mass is 9.99. The van der Waals surface area contributed by atoms with Gasteiger partial charge in [0.1, 0.15) is 19.3 Å². The summed E-state index contributed by atoms with van der Waals surface area (Å²) < 4.78 is 68.7. The monoisotopic (exact) mass is 1480 g/mol. The van der Waals surface area contributed by atoms with E-state index in [4.69, 9.17) is 37.0 Å². The molecule has 7 atom stereocenters. The number of aliphatic hydroxyl groups is 1. The fraction of sp³-hybridized carbons (Fsp3) is 0.951. The van der Waals surface area contributed by atoms with Crippen LogP contribution in [0.1, 0.15) is 433 Å². The second-order valence-corrected chi connectivity index (χ2v) is 32.9. The van der Waals surface area contributed by atoms with Gasteiger partial charge in [-0.15, -0.1) is 0 Å². The molecule has 0 rings (SSSR count). The second-order valence-electron chi connectivity index (χ2n) is 30.0. The van der Waals surface area contributed by atoms with E-state index < -0.39 is 97.5 Å². The Morgan fingerprint density at radius 2 is 0.475 bits per heavy atom. The maximum absolute atomic E-state index is 13.1. The van der Waals surface area contributed by atoms with Crippen LogP contribution in [0.4, 0.5) is 0 Å². The normalized spacial score (nSPS) is 14.4. The summed E-state index contributed by atoms with van der Waals surface area (Å²) in [7, 11) is -9.92. The summed E-state index contributed by atoms with van der Waals surface area (Å²) in [6.07, 6.45) is 63.7. The Balaban J connectivity index is 5.20. The van der Waals surface area contributed by atoms with Crippen molar-refractivity contribution in [3.8, 4) is 0 Å². The van der Waals surface area contributed by atoms with Crippen molar-refractivity contribution in [2.45, 2.75) is 452 Å². The van der Waals surface area contributed by atoms with Gasteiger partial charge in [-0.05, 0) is 37.5 Å². The maximum Gasteiger partial charge on any atom is 0.472 e. The van der Waals surface area contributed by atoms with Crippen LogP contribution in [0.15, 0.2) is 0 Å². The van der Waals surface area contributed by atoms with Gasteiger partial charge in [-0.2, -0.15) is 0 Å². The fourth-order valence-corrected chi connectivity index (χ4v) is 14.2. The van der Waals surface area contributed by atoms with Crippen LogP contribution in [-0.2, 0) is 65.4 Å². The molecule has 0 aromatic rings. The Morgan fingerprint density at radius 1 is 0.277 bits per heavy atom. The predicted octanol–water partition coefficient (Wildman–Crippen LogP) is 24.7. The van der Waals surface area contributed by atoms with Gasteiger partial charge in [0.25, 0.3) is 0 Å². The van der Waals surface area contributed by atoms with Crippen molar-refractivity contribution in [2.75, 3.05) is 39.6 Å². The molecular weight excluding hydrogens is 1320 g/mol. The third-order valence-corrected chi connectivity index (χ3v) is 21.8. The van der Waals surface area contributed by atoms with Gasteiger partial charge in [-0.3, -0.25) is 37.3 Å². The van der Waals surface area contributed by atoms with Crippen LogP contribution < -0.4 is 0 Å². The molecule has 0 bridgehead atoms. The van der Waals surface area contributed by atoms with Crippen molar-refractivity contribution < 1.29 is 80.2 Å². The minimum absolute atomic E-state index is 0.107. The Hall–Kier alpha value is -1.94. The predicted molar refractivity (Wildman–Crippen MR) is 414 cm³/mol. The van der Waals surface area contributed by atoms with E-state index in [9.17, 15) is 43.2 Å². The van der Waals surface area contributed by atoms with Gasteiger partial charge in [-0.25, -0.2) is 9.13 Å². The Bertz CT molecular complexity index is 1950.